The first kappa shape index (κ1) is 31.1. The van der Waals surface area contributed by atoms with Crippen LogP contribution in [0.1, 0.15) is 63.1 Å². The number of carbonyl (C=O) groups excluding carboxylic acids is 1. The van der Waals surface area contributed by atoms with Gasteiger partial charge in [-0.3, -0.25) is 4.79 Å². The van der Waals surface area contributed by atoms with E-state index in [9.17, 15) is 26.7 Å². The Morgan fingerprint density at radius 3 is 2.00 bits per heavy atom. The highest BCUT2D eigenvalue weighted by atomic mass is 19.4. The van der Waals surface area contributed by atoms with Crippen molar-refractivity contribution in [2.24, 2.45) is 11.8 Å². The summed E-state index contributed by atoms with van der Waals surface area (Å²) in [6.45, 7) is 8.87. The van der Waals surface area contributed by atoms with Gasteiger partial charge in [0.25, 0.3) is 0 Å². The molecule has 1 unspecified atom stereocenters. The first-order valence-corrected chi connectivity index (χ1v) is 13.4. The molecule has 0 heterocycles. The van der Waals surface area contributed by atoms with E-state index in [2.05, 4.69) is 13.8 Å². The summed E-state index contributed by atoms with van der Waals surface area (Å²) in [6, 6.07) is 13.8. The first-order chi connectivity index (χ1) is 18.8. The lowest BCUT2D eigenvalue weighted by molar-refractivity contribution is -0.143. The van der Waals surface area contributed by atoms with Crippen molar-refractivity contribution in [1.29, 1.82) is 0 Å². The van der Waals surface area contributed by atoms with Crippen molar-refractivity contribution in [1.82, 2.24) is 0 Å². The minimum absolute atomic E-state index is 0.162. The number of carbonyl (C=O) groups is 1. The van der Waals surface area contributed by atoms with E-state index in [1.807, 2.05) is 30.9 Å². The smallest absolute Gasteiger partial charge is 0.416 e. The summed E-state index contributed by atoms with van der Waals surface area (Å²) in [6.07, 6.45) is -3.18. The van der Waals surface area contributed by atoms with E-state index >= 15 is 0 Å². The fourth-order valence-electron chi connectivity index (χ4n) is 4.65. The Balaban J connectivity index is 2.18. The van der Waals surface area contributed by atoms with Crippen molar-refractivity contribution in [3.05, 3.63) is 89.0 Å². The molecule has 0 saturated heterocycles. The van der Waals surface area contributed by atoms with Crippen LogP contribution in [-0.2, 0) is 22.3 Å². The first-order valence-electron chi connectivity index (χ1n) is 13.4. The van der Waals surface area contributed by atoms with Gasteiger partial charge in [-0.2, -0.15) is 13.2 Å². The van der Waals surface area contributed by atoms with E-state index in [1.54, 1.807) is 6.07 Å². The number of hydrogen-bond donors (Lipinski definition) is 0. The van der Waals surface area contributed by atoms with Gasteiger partial charge in [0.1, 0.15) is 11.6 Å². The molecule has 0 bridgehead atoms. The number of ether oxygens (including phenoxy) is 1. The quantitative estimate of drug-likeness (QED) is 0.173. The molecule has 3 rings (SSSR count). The Hall–Kier alpha value is -3.42. The molecule has 0 amide bonds. The number of alkyl halides is 3. The van der Waals surface area contributed by atoms with Crippen LogP contribution in [0.2, 0.25) is 0 Å². The average molecular weight is 562 g/mol. The largest absolute Gasteiger partial charge is 0.469 e. The molecule has 3 nitrogen and oxygen atoms in total. The van der Waals surface area contributed by atoms with Crippen molar-refractivity contribution in [2.75, 3.05) is 18.6 Å². The number of benzene rings is 3. The normalized spacial score (nSPS) is 12.6. The zero-order valence-electron chi connectivity index (χ0n) is 23.5. The molecule has 0 fully saturated rings. The third-order valence-corrected chi connectivity index (χ3v) is 6.72. The Morgan fingerprint density at radius 2 is 1.48 bits per heavy atom. The van der Waals surface area contributed by atoms with Crippen LogP contribution >= 0.6 is 0 Å². The summed E-state index contributed by atoms with van der Waals surface area (Å²) < 4.78 is 72.8. The molecule has 3 aromatic carbocycles. The minimum atomic E-state index is -4.47. The molecule has 0 saturated carbocycles. The lowest BCUT2D eigenvalue weighted by Gasteiger charge is -2.28. The molecule has 0 aliphatic rings. The Kier molecular flexibility index (Phi) is 10.3. The minimum Gasteiger partial charge on any atom is -0.469 e. The molecule has 0 aliphatic heterocycles. The standard InChI is InChI=1S/C32H36F5NO2/c1-20(2)10-11-38(19-22-13-27(33)18-28(34)14-22)29-16-24(23-6-8-26(9-7-23)32(35,36)37)15-25(17-29)30(12-21(3)4)31(39)40-5/h6-9,13-18,20-21,30H,10-12,19H2,1-5H3. The second-order valence-electron chi connectivity index (χ2n) is 11.0. The van der Waals surface area contributed by atoms with Crippen molar-refractivity contribution in [3.8, 4) is 11.1 Å². The number of nitrogens with zero attached hydrogens (tertiary/aromatic N) is 1. The fraction of sp³-hybridized carbons (Fsp3) is 0.406. The van der Waals surface area contributed by atoms with Gasteiger partial charge in [0, 0.05) is 24.8 Å². The van der Waals surface area contributed by atoms with Crippen LogP contribution in [0.4, 0.5) is 27.6 Å². The maximum absolute atomic E-state index is 14.0. The van der Waals surface area contributed by atoms with Gasteiger partial charge in [-0.05, 0) is 83.3 Å². The molecule has 0 aromatic heterocycles. The molecule has 216 valence electrons. The van der Waals surface area contributed by atoms with E-state index in [1.165, 1.54) is 31.4 Å². The van der Waals surface area contributed by atoms with Crippen molar-refractivity contribution in [3.63, 3.8) is 0 Å². The maximum atomic E-state index is 14.0. The molecule has 0 radical (unpaired) electrons. The lowest BCUT2D eigenvalue weighted by Crippen LogP contribution is -2.26. The molecule has 40 heavy (non-hydrogen) atoms. The number of rotatable bonds is 11. The number of anilines is 1. The van der Waals surface area contributed by atoms with E-state index < -0.39 is 35.3 Å². The summed E-state index contributed by atoms with van der Waals surface area (Å²) in [4.78, 5) is 14.8. The van der Waals surface area contributed by atoms with E-state index in [0.29, 0.717) is 46.8 Å². The number of halogens is 5. The van der Waals surface area contributed by atoms with Crippen molar-refractivity contribution < 1.29 is 31.5 Å². The predicted octanol–water partition coefficient (Wildman–Crippen LogP) is 9.01. The summed E-state index contributed by atoms with van der Waals surface area (Å²) in [5.41, 5.74) is 2.20. The van der Waals surface area contributed by atoms with Gasteiger partial charge in [0.15, 0.2) is 0 Å². The highest BCUT2D eigenvalue weighted by molar-refractivity contribution is 5.80. The van der Waals surface area contributed by atoms with Gasteiger partial charge >= 0.3 is 12.1 Å². The van der Waals surface area contributed by atoms with Gasteiger partial charge in [-0.15, -0.1) is 0 Å². The maximum Gasteiger partial charge on any atom is 0.416 e. The highest BCUT2D eigenvalue weighted by Crippen LogP contribution is 2.36. The van der Waals surface area contributed by atoms with Gasteiger partial charge in [0.2, 0.25) is 0 Å². The van der Waals surface area contributed by atoms with Gasteiger partial charge in [-0.25, -0.2) is 8.78 Å². The third-order valence-electron chi connectivity index (χ3n) is 6.72. The van der Waals surface area contributed by atoms with Gasteiger partial charge in [-0.1, -0.05) is 45.9 Å². The number of hydrogen-bond acceptors (Lipinski definition) is 3. The molecule has 3 aromatic rings. The second-order valence-corrected chi connectivity index (χ2v) is 11.0. The van der Waals surface area contributed by atoms with Gasteiger partial charge < -0.3 is 9.64 Å². The van der Waals surface area contributed by atoms with E-state index in [0.717, 1.165) is 24.6 Å². The number of methoxy groups -OCH3 is 1. The molecule has 0 aliphatic carbocycles. The summed E-state index contributed by atoms with van der Waals surface area (Å²) in [5.74, 6) is -1.87. The van der Waals surface area contributed by atoms with E-state index in [4.69, 9.17) is 4.74 Å². The monoisotopic (exact) mass is 561 g/mol. The van der Waals surface area contributed by atoms with Gasteiger partial charge in [0.05, 0.1) is 18.6 Å². The van der Waals surface area contributed by atoms with Crippen LogP contribution in [0.15, 0.2) is 60.7 Å². The second kappa shape index (κ2) is 13.3. The van der Waals surface area contributed by atoms with Crippen LogP contribution in [-0.4, -0.2) is 19.6 Å². The lowest BCUT2D eigenvalue weighted by atomic mass is 9.88. The molecule has 1 atom stereocenters. The Bertz CT molecular complexity index is 1270. The van der Waals surface area contributed by atoms with Crippen LogP contribution in [0.5, 0.6) is 0 Å². The van der Waals surface area contributed by atoms with E-state index in [-0.39, 0.29) is 12.5 Å². The SMILES string of the molecule is COC(=O)C(CC(C)C)c1cc(-c2ccc(C(F)(F)F)cc2)cc(N(CCC(C)C)Cc2cc(F)cc(F)c2)c1. The summed E-state index contributed by atoms with van der Waals surface area (Å²) in [5, 5.41) is 0. The molecule has 0 N–H and O–H groups in total. The molecular weight excluding hydrogens is 525 g/mol. The van der Waals surface area contributed by atoms with Crippen LogP contribution in [0, 0.1) is 23.5 Å². The van der Waals surface area contributed by atoms with Crippen LogP contribution < -0.4 is 4.90 Å². The predicted molar refractivity (Wildman–Crippen MR) is 148 cm³/mol. The fourth-order valence-corrected chi connectivity index (χ4v) is 4.65. The average Bonchev–Trinajstić information content (AvgIpc) is 2.87. The topological polar surface area (TPSA) is 29.5 Å². The number of esters is 1. The van der Waals surface area contributed by atoms with Crippen LogP contribution in [0.25, 0.3) is 11.1 Å². The summed E-state index contributed by atoms with van der Waals surface area (Å²) >= 11 is 0. The molecular formula is C32H36F5NO2. The van der Waals surface area contributed by atoms with Crippen molar-refractivity contribution in [2.45, 2.75) is 59.2 Å². The molecule has 0 spiro atoms. The zero-order valence-corrected chi connectivity index (χ0v) is 23.5. The third kappa shape index (κ3) is 8.54. The Morgan fingerprint density at radius 1 is 0.850 bits per heavy atom. The summed E-state index contributed by atoms with van der Waals surface area (Å²) in [7, 11) is 1.32. The highest BCUT2D eigenvalue weighted by Gasteiger charge is 2.30. The molecule has 8 heteroatoms. The van der Waals surface area contributed by atoms with Crippen molar-refractivity contribution >= 4 is 11.7 Å². The Labute approximate surface area is 233 Å². The zero-order chi connectivity index (χ0) is 29.6. The van der Waals surface area contributed by atoms with Crippen LogP contribution in [0.3, 0.4) is 0 Å².